The molecule has 2 atom stereocenters. The van der Waals surface area contributed by atoms with Crippen LogP contribution in [-0.4, -0.2) is 49.3 Å². The zero-order valence-electron chi connectivity index (χ0n) is 58.2. The van der Waals surface area contributed by atoms with Crippen LogP contribution in [0, 0.1) is 0 Å². The summed E-state index contributed by atoms with van der Waals surface area (Å²) in [6, 6.07) is 0. The molecule has 0 aliphatic carbocycles. The quantitative estimate of drug-likeness (QED) is 0.0264. The molecular weight excluding hydrogens is 1120 g/mol. The summed E-state index contributed by atoms with van der Waals surface area (Å²) in [5.41, 5.74) is 5.41. The minimum absolute atomic E-state index is 0.0523. The van der Waals surface area contributed by atoms with E-state index >= 15 is 0 Å². The van der Waals surface area contributed by atoms with E-state index in [0.717, 1.165) is 83.5 Å². The van der Waals surface area contributed by atoms with Gasteiger partial charge in [0.05, 0.1) is 13.2 Å². The van der Waals surface area contributed by atoms with Crippen LogP contribution in [0.4, 0.5) is 0 Å². The van der Waals surface area contributed by atoms with Gasteiger partial charge in [-0.15, -0.1) is 0 Å². The van der Waals surface area contributed by atoms with E-state index in [-0.39, 0.29) is 38.6 Å². The molecule has 0 heterocycles. The topological polar surface area (TPSA) is 134 Å². The Morgan fingerprint density at radius 1 is 0.348 bits per heavy atom. The number of hydrogen-bond acceptors (Lipinski definition) is 8. The first kappa shape index (κ1) is 85.9. The van der Waals surface area contributed by atoms with Gasteiger partial charge in [0.15, 0.2) is 6.10 Å². The molecule has 3 N–H and O–H groups in total. The minimum Gasteiger partial charge on any atom is -0.462 e. The maximum Gasteiger partial charge on any atom is 0.472 e. The third-order valence-corrected chi connectivity index (χ3v) is 17.4. The maximum atomic E-state index is 12.8. The number of carbonyl (C=O) groups is 2. The van der Waals surface area contributed by atoms with Gasteiger partial charge >= 0.3 is 19.8 Å². The summed E-state index contributed by atoms with van der Waals surface area (Å²) in [7, 11) is -4.40. The van der Waals surface area contributed by atoms with E-state index < -0.39 is 26.5 Å². The molecule has 0 rings (SSSR count). The van der Waals surface area contributed by atoms with Crippen LogP contribution in [0.3, 0.4) is 0 Å². The summed E-state index contributed by atoms with van der Waals surface area (Å²) in [6.45, 7) is 3.68. The number of allylic oxidation sites excluding steroid dienone is 16. The lowest BCUT2D eigenvalue weighted by Gasteiger charge is -2.19. The fraction of sp³-hybridized carbons (Fsp3) is 0.772. The molecule has 0 radical (unpaired) electrons. The van der Waals surface area contributed by atoms with Crippen molar-refractivity contribution in [2.24, 2.45) is 5.73 Å². The van der Waals surface area contributed by atoms with Gasteiger partial charge in [-0.05, 0) is 96.3 Å². The van der Waals surface area contributed by atoms with Crippen molar-refractivity contribution >= 4 is 19.8 Å². The fourth-order valence-electron chi connectivity index (χ4n) is 10.9. The van der Waals surface area contributed by atoms with E-state index in [0.29, 0.717) is 6.42 Å². The number of esters is 2. The van der Waals surface area contributed by atoms with Gasteiger partial charge < -0.3 is 20.1 Å². The lowest BCUT2D eigenvalue weighted by atomic mass is 10.0. The van der Waals surface area contributed by atoms with Crippen LogP contribution < -0.4 is 5.73 Å². The highest BCUT2D eigenvalue weighted by molar-refractivity contribution is 7.47. The Labute approximate surface area is 550 Å². The van der Waals surface area contributed by atoms with Crippen molar-refractivity contribution in [3.05, 3.63) is 97.2 Å². The van der Waals surface area contributed by atoms with Gasteiger partial charge in [-0.25, -0.2) is 4.57 Å². The van der Waals surface area contributed by atoms with Crippen LogP contribution in [0.5, 0.6) is 0 Å². The number of phosphoric acid groups is 1. The molecule has 89 heavy (non-hydrogen) atoms. The summed E-state index contributed by atoms with van der Waals surface area (Å²) < 4.78 is 33.2. The van der Waals surface area contributed by atoms with Crippen LogP contribution in [0.1, 0.15) is 361 Å². The molecule has 0 spiro atoms. The number of carbonyl (C=O) groups excluding carboxylic acids is 2. The molecule has 0 saturated heterocycles. The molecule has 10 heteroatoms. The molecule has 0 fully saturated rings. The molecular formula is C79H142NO8P. The van der Waals surface area contributed by atoms with E-state index in [1.807, 2.05) is 0 Å². The van der Waals surface area contributed by atoms with Crippen LogP contribution in [0.15, 0.2) is 97.2 Å². The van der Waals surface area contributed by atoms with Crippen molar-refractivity contribution in [1.29, 1.82) is 0 Å². The Hall–Kier alpha value is -3.07. The Bertz CT molecular complexity index is 1780. The summed E-state index contributed by atoms with van der Waals surface area (Å²) in [5, 5.41) is 0. The second-order valence-electron chi connectivity index (χ2n) is 25.1. The number of ether oxygens (including phenoxy) is 2. The first-order valence-corrected chi connectivity index (χ1v) is 39.2. The van der Waals surface area contributed by atoms with Crippen molar-refractivity contribution in [2.75, 3.05) is 26.4 Å². The first-order chi connectivity index (χ1) is 43.8. The van der Waals surface area contributed by atoms with Gasteiger partial charge in [0.1, 0.15) is 6.61 Å². The van der Waals surface area contributed by atoms with Gasteiger partial charge in [0, 0.05) is 19.4 Å². The number of phosphoric ester groups is 1. The molecule has 0 amide bonds. The van der Waals surface area contributed by atoms with E-state index in [9.17, 15) is 19.0 Å². The second-order valence-corrected chi connectivity index (χ2v) is 26.6. The first-order valence-electron chi connectivity index (χ1n) is 37.7. The molecule has 0 aromatic carbocycles. The van der Waals surface area contributed by atoms with Crippen molar-refractivity contribution in [3.8, 4) is 0 Å². The molecule has 516 valence electrons. The van der Waals surface area contributed by atoms with Crippen molar-refractivity contribution in [3.63, 3.8) is 0 Å². The third kappa shape index (κ3) is 73.9. The van der Waals surface area contributed by atoms with Crippen molar-refractivity contribution in [1.82, 2.24) is 0 Å². The van der Waals surface area contributed by atoms with Gasteiger partial charge in [0.25, 0.3) is 0 Å². The number of rotatable bonds is 71. The van der Waals surface area contributed by atoms with Crippen LogP contribution >= 0.6 is 7.82 Å². The molecule has 2 unspecified atom stereocenters. The summed E-state index contributed by atoms with van der Waals surface area (Å²) in [6.07, 6.45) is 101. The van der Waals surface area contributed by atoms with Crippen LogP contribution in [0.2, 0.25) is 0 Å². The molecule has 0 aromatic heterocycles. The lowest BCUT2D eigenvalue weighted by molar-refractivity contribution is -0.161. The molecule has 0 aliphatic heterocycles. The largest absolute Gasteiger partial charge is 0.472 e. The summed E-state index contributed by atoms with van der Waals surface area (Å²) in [5.74, 6) is -0.814. The zero-order valence-corrected chi connectivity index (χ0v) is 59.1. The lowest BCUT2D eigenvalue weighted by Crippen LogP contribution is -2.29. The smallest absolute Gasteiger partial charge is 0.462 e. The van der Waals surface area contributed by atoms with Crippen molar-refractivity contribution < 1.29 is 37.6 Å². The maximum absolute atomic E-state index is 12.8. The summed E-state index contributed by atoms with van der Waals surface area (Å²) in [4.78, 5) is 35.4. The van der Waals surface area contributed by atoms with E-state index in [2.05, 4.69) is 111 Å². The molecule has 0 aromatic rings. The average Bonchev–Trinajstić information content (AvgIpc) is 3.68. The van der Waals surface area contributed by atoms with E-state index in [4.69, 9.17) is 24.3 Å². The Balaban J connectivity index is 3.84. The van der Waals surface area contributed by atoms with Crippen LogP contribution in [-0.2, 0) is 32.7 Å². The fourth-order valence-corrected chi connectivity index (χ4v) is 11.7. The van der Waals surface area contributed by atoms with Gasteiger partial charge in [-0.2, -0.15) is 0 Å². The molecule has 0 bridgehead atoms. The highest BCUT2D eigenvalue weighted by atomic mass is 31.2. The third-order valence-electron chi connectivity index (χ3n) is 16.5. The van der Waals surface area contributed by atoms with Gasteiger partial charge in [-0.3, -0.25) is 18.6 Å². The molecule has 0 saturated carbocycles. The Morgan fingerprint density at radius 2 is 0.618 bits per heavy atom. The van der Waals surface area contributed by atoms with Gasteiger partial charge in [-0.1, -0.05) is 349 Å². The normalized spacial score (nSPS) is 13.4. The standard InChI is InChI=1S/C79H142NO8P/c1-3-5-7-9-11-13-15-17-19-21-23-25-27-29-31-33-35-36-37-38-39-40-42-44-46-48-50-52-54-56-58-60-62-64-66-68-70-72-79(82)88-77(76-87-89(83,84)86-74-73-80)75-85-78(81)71-69-67-65-63-61-59-57-55-53-51-49-47-45-43-41-34-32-30-28-26-24-22-20-18-16-14-12-10-8-6-4-2/h5,7,11,13,17,19,22-25,29,31,35-36,38-39,77H,3-4,6,8-10,12,14-16,18,20-21,26-28,30,32-34,37,40-76,80H2,1-2H3,(H,83,84)/b7-5-,13-11-,19-17-,24-22-,25-23-,31-29-,36-35-,39-38-. The predicted molar refractivity (Wildman–Crippen MR) is 385 cm³/mol. The monoisotopic (exact) mass is 1260 g/mol. The SMILES string of the molecule is CC/C=C\C/C=C\C/C=C\C/C=C\C/C=C\C/C=C\C/C=C\CCCCCCCCCCCCCCCCCC(=O)OC(COC(=O)CCCCCCCCCCCCCCCCCCCCC/C=C\CCCCCCCCCC)COP(=O)(O)OCCN. The minimum atomic E-state index is -4.40. The Morgan fingerprint density at radius 3 is 0.933 bits per heavy atom. The Kier molecular flexibility index (Phi) is 71.4. The second kappa shape index (κ2) is 74.0. The zero-order chi connectivity index (χ0) is 64.4. The summed E-state index contributed by atoms with van der Waals surface area (Å²) >= 11 is 0. The number of unbranched alkanes of at least 4 members (excludes halogenated alkanes) is 42. The van der Waals surface area contributed by atoms with Crippen molar-refractivity contribution in [2.45, 2.75) is 367 Å². The van der Waals surface area contributed by atoms with E-state index in [1.165, 1.54) is 244 Å². The molecule has 0 aliphatic rings. The van der Waals surface area contributed by atoms with Gasteiger partial charge in [0.2, 0.25) is 0 Å². The highest BCUT2D eigenvalue weighted by Gasteiger charge is 2.26. The number of hydrogen-bond donors (Lipinski definition) is 2. The van der Waals surface area contributed by atoms with Crippen LogP contribution in [0.25, 0.3) is 0 Å². The van der Waals surface area contributed by atoms with E-state index in [1.54, 1.807) is 0 Å². The predicted octanol–water partition coefficient (Wildman–Crippen LogP) is 25.1. The number of nitrogens with two attached hydrogens (primary N) is 1. The molecule has 9 nitrogen and oxygen atoms in total. The highest BCUT2D eigenvalue weighted by Crippen LogP contribution is 2.43. The average molecular weight is 1260 g/mol.